The van der Waals surface area contributed by atoms with Crippen LogP contribution in [0.3, 0.4) is 0 Å². The number of benzene rings is 2. The number of ether oxygens (including phenoxy) is 4. The van der Waals surface area contributed by atoms with Crippen LogP contribution in [0.4, 0.5) is 0 Å². The van der Waals surface area contributed by atoms with Gasteiger partial charge in [0.25, 0.3) is 5.91 Å². The normalized spacial score (nSPS) is 10.5. The molecule has 1 amide bonds. The summed E-state index contributed by atoms with van der Waals surface area (Å²) in [7, 11) is 6.42. The molecule has 0 saturated heterocycles. The largest absolute Gasteiger partial charge is 0.493 e. The minimum absolute atomic E-state index is 0. The van der Waals surface area contributed by atoms with Gasteiger partial charge in [-0.05, 0) is 35.4 Å². The van der Waals surface area contributed by atoms with E-state index in [1.54, 1.807) is 34.4 Å². The summed E-state index contributed by atoms with van der Waals surface area (Å²) in [6.07, 6.45) is 0. The van der Waals surface area contributed by atoms with Gasteiger partial charge in [0.05, 0.1) is 21.3 Å². The SMILES string of the molecule is CN=C(NCc1cccc(OCC(N)=O)c1)NCc1cc(OC)c(OC)c(OC)c1.I. The summed E-state index contributed by atoms with van der Waals surface area (Å²) in [4.78, 5) is 15.1. The lowest BCUT2D eigenvalue weighted by Gasteiger charge is -2.16. The van der Waals surface area contributed by atoms with E-state index in [2.05, 4.69) is 15.6 Å². The van der Waals surface area contributed by atoms with Crippen molar-refractivity contribution in [3.8, 4) is 23.0 Å². The number of amides is 1. The number of hydrogen-bond acceptors (Lipinski definition) is 6. The molecule has 0 aliphatic carbocycles. The highest BCUT2D eigenvalue weighted by Gasteiger charge is 2.13. The van der Waals surface area contributed by atoms with E-state index in [0.717, 1.165) is 11.1 Å². The molecule has 9 nitrogen and oxygen atoms in total. The van der Waals surface area contributed by atoms with Crippen molar-refractivity contribution in [1.29, 1.82) is 0 Å². The molecule has 0 atom stereocenters. The summed E-state index contributed by atoms with van der Waals surface area (Å²) in [5.74, 6) is 2.40. The zero-order valence-corrected chi connectivity index (χ0v) is 20.4. The van der Waals surface area contributed by atoms with Crippen molar-refractivity contribution in [2.24, 2.45) is 10.7 Å². The lowest BCUT2D eigenvalue weighted by atomic mass is 10.2. The number of carbonyl (C=O) groups is 1. The zero-order chi connectivity index (χ0) is 21.9. The van der Waals surface area contributed by atoms with E-state index < -0.39 is 5.91 Å². The Morgan fingerprint density at radius 1 is 0.968 bits per heavy atom. The second kappa shape index (κ2) is 13.4. The van der Waals surface area contributed by atoms with Crippen LogP contribution in [-0.4, -0.2) is 46.9 Å². The van der Waals surface area contributed by atoms with E-state index in [1.807, 2.05) is 30.3 Å². The third kappa shape index (κ3) is 8.04. The second-order valence-corrected chi connectivity index (χ2v) is 6.22. The van der Waals surface area contributed by atoms with Crippen molar-refractivity contribution >= 4 is 35.8 Å². The highest BCUT2D eigenvalue weighted by atomic mass is 127. The van der Waals surface area contributed by atoms with Gasteiger partial charge in [-0.1, -0.05) is 12.1 Å². The number of nitrogens with two attached hydrogens (primary N) is 1. The zero-order valence-electron chi connectivity index (χ0n) is 18.1. The molecule has 0 aromatic heterocycles. The van der Waals surface area contributed by atoms with Gasteiger partial charge in [0.15, 0.2) is 24.1 Å². The Balaban J connectivity index is 0.00000480. The number of nitrogens with zero attached hydrogens (tertiary/aromatic N) is 1. The number of nitrogens with one attached hydrogen (secondary N) is 2. The number of rotatable bonds is 10. The van der Waals surface area contributed by atoms with E-state index in [4.69, 9.17) is 24.7 Å². The monoisotopic (exact) mass is 544 g/mol. The highest BCUT2D eigenvalue weighted by molar-refractivity contribution is 14.0. The molecule has 0 fully saturated rings. The Hall–Kier alpha value is -2.89. The molecule has 31 heavy (non-hydrogen) atoms. The standard InChI is InChI=1S/C21H28N4O5.HI/c1-23-21(24-11-14-6-5-7-16(8-14)30-13-19(22)26)25-12-15-9-17(27-2)20(29-4)18(10-15)28-3;/h5-10H,11-13H2,1-4H3,(H2,22,26)(H2,23,24,25);1H. The Bertz CT molecular complexity index is 867. The lowest BCUT2D eigenvalue weighted by Crippen LogP contribution is -2.36. The van der Waals surface area contributed by atoms with Crippen molar-refractivity contribution in [1.82, 2.24) is 10.6 Å². The van der Waals surface area contributed by atoms with Gasteiger partial charge in [0.1, 0.15) is 5.75 Å². The first-order valence-electron chi connectivity index (χ1n) is 9.24. The summed E-state index contributed by atoms with van der Waals surface area (Å²) in [5, 5.41) is 6.48. The van der Waals surface area contributed by atoms with Crippen molar-refractivity contribution in [2.45, 2.75) is 13.1 Å². The molecule has 2 aromatic rings. The van der Waals surface area contributed by atoms with E-state index in [1.165, 1.54) is 0 Å². The summed E-state index contributed by atoms with van der Waals surface area (Å²) in [6.45, 7) is 0.857. The molecular formula is C21H29IN4O5. The van der Waals surface area contributed by atoms with Gasteiger partial charge in [-0.25, -0.2) is 0 Å². The minimum Gasteiger partial charge on any atom is -0.493 e. The van der Waals surface area contributed by atoms with Crippen LogP contribution in [-0.2, 0) is 17.9 Å². The number of primary amides is 1. The number of halogens is 1. The third-order valence-electron chi connectivity index (χ3n) is 4.15. The van der Waals surface area contributed by atoms with Crippen LogP contribution in [0.5, 0.6) is 23.0 Å². The molecule has 0 spiro atoms. The molecule has 0 saturated carbocycles. The van der Waals surface area contributed by atoms with E-state index in [9.17, 15) is 4.79 Å². The van der Waals surface area contributed by atoms with Crippen LogP contribution < -0.4 is 35.3 Å². The van der Waals surface area contributed by atoms with Gasteiger partial charge in [0.2, 0.25) is 5.75 Å². The Kier molecular flexibility index (Phi) is 11.3. The van der Waals surface area contributed by atoms with Gasteiger partial charge in [-0.15, -0.1) is 24.0 Å². The van der Waals surface area contributed by atoms with Gasteiger partial charge in [0, 0.05) is 20.1 Å². The van der Waals surface area contributed by atoms with Crippen molar-refractivity contribution in [3.63, 3.8) is 0 Å². The predicted octanol–water partition coefficient (Wildman–Crippen LogP) is 2.06. The maximum atomic E-state index is 10.9. The fourth-order valence-corrected chi connectivity index (χ4v) is 2.73. The van der Waals surface area contributed by atoms with Crippen molar-refractivity contribution < 1.29 is 23.7 Å². The predicted molar refractivity (Wildman–Crippen MR) is 130 cm³/mol. The summed E-state index contributed by atoms with van der Waals surface area (Å²) in [6, 6.07) is 11.1. The molecule has 0 aliphatic heterocycles. The summed E-state index contributed by atoms with van der Waals surface area (Å²) in [5.41, 5.74) is 7.01. The van der Waals surface area contributed by atoms with Crippen LogP contribution >= 0.6 is 24.0 Å². The molecular weight excluding hydrogens is 515 g/mol. The van der Waals surface area contributed by atoms with Crippen LogP contribution in [0.25, 0.3) is 0 Å². The van der Waals surface area contributed by atoms with Crippen LogP contribution in [0.1, 0.15) is 11.1 Å². The topological polar surface area (TPSA) is 116 Å². The lowest BCUT2D eigenvalue weighted by molar-refractivity contribution is -0.119. The fraction of sp³-hybridized carbons (Fsp3) is 0.333. The average Bonchev–Trinajstić information content (AvgIpc) is 2.77. The quantitative estimate of drug-likeness (QED) is 0.238. The van der Waals surface area contributed by atoms with Gasteiger partial charge in [-0.3, -0.25) is 9.79 Å². The highest BCUT2D eigenvalue weighted by Crippen LogP contribution is 2.38. The number of aliphatic imine (C=N–C) groups is 1. The first-order chi connectivity index (χ1) is 14.5. The van der Waals surface area contributed by atoms with E-state index in [-0.39, 0.29) is 30.6 Å². The Morgan fingerprint density at radius 3 is 2.10 bits per heavy atom. The van der Waals surface area contributed by atoms with Crippen LogP contribution in [0, 0.1) is 0 Å². The smallest absolute Gasteiger partial charge is 0.255 e. The third-order valence-corrected chi connectivity index (χ3v) is 4.15. The summed E-state index contributed by atoms with van der Waals surface area (Å²) >= 11 is 0. The minimum atomic E-state index is -0.519. The molecule has 2 rings (SSSR count). The second-order valence-electron chi connectivity index (χ2n) is 6.22. The molecule has 10 heteroatoms. The first kappa shape index (κ1) is 26.1. The Morgan fingerprint density at radius 2 is 1.58 bits per heavy atom. The first-order valence-corrected chi connectivity index (χ1v) is 9.24. The number of methoxy groups -OCH3 is 3. The molecule has 0 bridgehead atoms. The molecule has 0 unspecified atom stereocenters. The fourth-order valence-electron chi connectivity index (χ4n) is 2.73. The van der Waals surface area contributed by atoms with E-state index in [0.29, 0.717) is 42.0 Å². The Labute approximate surface area is 199 Å². The van der Waals surface area contributed by atoms with Crippen molar-refractivity contribution in [3.05, 3.63) is 47.5 Å². The average molecular weight is 544 g/mol. The van der Waals surface area contributed by atoms with Gasteiger partial charge in [-0.2, -0.15) is 0 Å². The molecule has 4 N–H and O–H groups in total. The maximum absolute atomic E-state index is 10.9. The van der Waals surface area contributed by atoms with Crippen LogP contribution in [0.15, 0.2) is 41.4 Å². The van der Waals surface area contributed by atoms with Gasteiger partial charge < -0.3 is 35.3 Å². The molecule has 0 radical (unpaired) electrons. The number of hydrogen-bond donors (Lipinski definition) is 3. The number of guanidine groups is 1. The van der Waals surface area contributed by atoms with E-state index >= 15 is 0 Å². The molecule has 0 aliphatic rings. The van der Waals surface area contributed by atoms with Crippen molar-refractivity contribution in [2.75, 3.05) is 35.0 Å². The molecule has 170 valence electrons. The van der Waals surface area contributed by atoms with Crippen LogP contribution in [0.2, 0.25) is 0 Å². The molecule has 2 aromatic carbocycles. The maximum Gasteiger partial charge on any atom is 0.255 e. The summed E-state index contributed by atoms with van der Waals surface area (Å²) < 4.78 is 21.4. The van der Waals surface area contributed by atoms with Gasteiger partial charge >= 0.3 is 0 Å². The number of carbonyl (C=O) groups excluding carboxylic acids is 1. The molecule has 0 heterocycles.